The molecular weight excluding hydrogens is 600 g/mol. The Morgan fingerprint density at radius 3 is 1.07 bits per heavy atom. The van der Waals surface area contributed by atoms with Crippen LogP contribution in [0.3, 0.4) is 0 Å². The molecule has 0 fully saturated rings. The fraction of sp³-hybridized carbons (Fsp3) is 0.367. The van der Waals surface area contributed by atoms with Gasteiger partial charge in [-0.1, -0.05) is 39.0 Å². The minimum absolute atomic E-state index is 0.467. The van der Waals surface area contributed by atoms with Crippen molar-refractivity contribution in [2.24, 2.45) is 10.8 Å². The van der Waals surface area contributed by atoms with Gasteiger partial charge in [0.05, 0.1) is 18.4 Å². The molecule has 0 aliphatic rings. The average Bonchev–Trinajstić information content (AvgIpc) is 3.06. The van der Waals surface area contributed by atoms with Crippen LogP contribution in [0.4, 0.5) is 0 Å². The van der Waals surface area contributed by atoms with Gasteiger partial charge in [-0.3, -0.25) is 4.79 Å². The number of esters is 7. The summed E-state index contributed by atoms with van der Waals surface area (Å²) < 4.78 is 35.2. The molecule has 0 aromatic heterocycles. The normalized spacial score (nSPS) is 10.8. The molecule has 246 valence electrons. The van der Waals surface area contributed by atoms with Crippen molar-refractivity contribution in [3.63, 3.8) is 0 Å². The first-order valence-corrected chi connectivity index (χ1v) is 12.9. The van der Waals surface area contributed by atoms with Crippen LogP contribution in [0.25, 0.3) is 0 Å². The van der Waals surface area contributed by atoms with Gasteiger partial charge < -0.3 is 38.3 Å². The molecule has 0 aliphatic heterocycles. The Balaban J connectivity index is 5.48. The molecule has 1 N–H and O–H groups in total. The van der Waals surface area contributed by atoms with Crippen molar-refractivity contribution >= 4 is 41.8 Å². The van der Waals surface area contributed by atoms with Crippen LogP contribution < -0.4 is 0 Å². The molecule has 0 bridgehead atoms. The van der Waals surface area contributed by atoms with E-state index >= 15 is 0 Å². The van der Waals surface area contributed by atoms with E-state index in [2.05, 4.69) is 32.9 Å². The fourth-order valence-corrected chi connectivity index (χ4v) is 2.74. The lowest BCUT2D eigenvalue weighted by Gasteiger charge is -2.31. The van der Waals surface area contributed by atoms with Gasteiger partial charge in [0.15, 0.2) is 0 Å². The highest BCUT2D eigenvalue weighted by Gasteiger charge is 2.38. The van der Waals surface area contributed by atoms with E-state index in [9.17, 15) is 38.7 Å². The number of ether oxygens (including phenoxy) is 7. The van der Waals surface area contributed by atoms with E-state index in [1.165, 1.54) is 0 Å². The SMILES string of the molecule is C=CC(=O)OCC(COC(=O)C=C)(COC(=O)C=C)COC(=O)/C=C\CC(=O)OCC(CO)(COC(=O)C=C)COC(=O)C=C. The smallest absolute Gasteiger partial charge is 0.330 e. The molecule has 0 heterocycles. The lowest BCUT2D eigenvalue weighted by atomic mass is 9.92. The predicted octanol–water partition coefficient (Wildman–Crippen LogP) is 0.630. The molecule has 0 aromatic carbocycles. The summed E-state index contributed by atoms with van der Waals surface area (Å²) in [4.78, 5) is 82.7. The first kappa shape index (κ1) is 39.7. The van der Waals surface area contributed by atoms with Gasteiger partial charge in [-0.15, -0.1) is 0 Å². The van der Waals surface area contributed by atoms with E-state index in [0.29, 0.717) is 0 Å². The van der Waals surface area contributed by atoms with Crippen molar-refractivity contribution in [1.82, 2.24) is 0 Å². The molecule has 0 saturated carbocycles. The summed E-state index contributed by atoms with van der Waals surface area (Å²) in [5.41, 5.74) is -3.08. The van der Waals surface area contributed by atoms with E-state index in [4.69, 9.17) is 33.2 Å². The molecule has 0 amide bonds. The second-order valence-electron chi connectivity index (χ2n) is 9.09. The molecule has 0 aliphatic carbocycles. The van der Waals surface area contributed by atoms with Crippen LogP contribution in [-0.2, 0) is 66.7 Å². The van der Waals surface area contributed by atoms with Crippen LogP contribution in [0, 0.1) is 10.8 Å². The highest BCUT2D eigenvalue weighted by atomic mass is 16.6. The van der Waals surface area contributed by atoms with Gasteiger partial charge in [-0.25, -0.2) is 28.8 Å². The largest absolute Gasteiger partial charge is 0.464 e. The third-order valence-corrected chi connectivity index (χ3v) is 5.37. The number of hydrogen-bond acceptors (Lipinski definition) is 15. The molecule has 0 radical (unpaired) electrons. The number of carbonyl (C=O) groups excluding carboxylic acids is 7. The molecule has 0 atom stereocenters. The van der Waals surface area contributed by atoms with Gasteiger partial charge in [0.25, 0.3) is 0 Å². The summed E-state index contributed by atoms with van der Waals surface area (Å²) in [6.45, 7) is 11.8. The molecule has 0 spiro atoms. The second-order valence-corrected chi connectivity index (χ2v) is 9.09. The zero-order chi connectivity index (χ0) is 34.3. The van der Waals surface area contributed by atoms with E-state index < -0.39 is 112 Å². The summed E-state index contributed by atoms with van der Waals surface area (Å²) in [5, 5.41) is 9.88. The van der Waals surface area contributed by atoms with E-state index in [-0.39, 0.29) is 0 Å². The summed E-state index contributed by atoms with van der Waals surface area (Å²) in [7, 11) is 0. The highest BCUT2D eigenvalue weighted by Crippen LogP contribution is 2.22. The molecule has 0 rings (SSSR count). The van der Waals surface area contributed by atoms with Crippen molar-refractivity contribution in [1.29, 1.82) is 0 Å². The third-order valence-electron chi connectivity index (χ3n) is 5.37. The van der Waals surface area contributed by atoms with Crippen LogP contribution in [0.5, 0.6) is 0 Å². The Morgan fingerprint density at radius 2 is 0.756 bits per heavy atom. The Morgan fingerprint density at radius 1 is 0.467 bits per heavy atom. The molecule has 15 nitrogen and oxygen atoms in total. The lowest BCUT2D eigenvalue weighted by molar-refractivity contribution is -0.165. The van der Waals surface area contributed by atoms with Crippen molar-refractivity contribution in [3.05, 3.63) is 75.4 Å². The Kier molecular flexibility index (Phi) is 18.9. The molecular formula is C30H36O15. The zero-order valence-electron chi connectivity index (χ0n) is 24.6. The molecule has 15 heteroatoms. The molecule has 0 saturated heterocycles. The maximum absolute atomic E-state index is 12.4. The van der Waals surface area contributed by atoms with Crippen LogP contribution in [0.2, 0.25) is 0 Å². The summed E-state index contributed by atoms with van der Waals surface area (Å²) in [6.07, 6.45) is 5.79. The lowest BCUT2D eigenvalue weighted by Crippen LogP contribution is -2.43. The summed E-state index contributed by atoms with van der Waals surface area (Å²) in [5.74, 6) is -6.15. The quantitative estimate of drug-likeness (QED) is 0.0928. The zero-order valence-corrected chi connectivity index (χ0v) is 24.6. The van der Waals surface area contributed by atoms with Crippen LogP contribution in [0.1, 0.15) is 6.42 Å². The van der Waals surface area contributed by atoms with Crippen LogP contribution in [-0.4, -0.2) is 99.7 Å². The highest BCUT2D eigenvalue weighted by molar-refractivity contribution is 5.84. The Labute approximate surface area is 259 Å². The number of carbonyl (C=O) groups is 7. The Hall–Kier alpha value is -5.31. The second kappa shape index (κ2) is 21.4. The fourth-order valence-electron chi connectivity index (χ4n) is 2.74. The number of aliphatic hydroxyl groups excluding tert-OH is 1. The predicted molar refractivity (Wildman–Crippen MR) is 153 cm³/mol. The van der Waals surface area contributed by atoms with Crippen LogP contribution >= 0.6 is 0 Å². The Bertz CT molecular complexity index is 1080. The van der Waals surface area contributed by atoms with Gasteiger partial charge in [-0.05, 0) is 0 Å². The van der Waals surface area contributed by atoms with Crippen molar-refractivity contribution in [3.8, 4) is 0 Å². The molecule has 45 heavy (non-hydrogen) atoms. The average molecular weight is 637 g/mol. The topological polar surface area (TPSA) is 204 Å². The minimum Gasteiger partial charge on any atom is -0.464 e. The van der Waals surface area contributed by atoms with Crippen molar-refractivity contribution in [2.45, 2.75) is 6.42 Å². The van der Waals surface area contributed by atoms with Crippen molar-refractivity contribution < 1.29 is 71.8 Å². The van der Waals surface area contributed by atoms with Gasteiger partial charge in [0.1, 0.15) is 51.7 Å². The monoisotopic (exact) mass is 636 g/mol. The minimum atomic E-state index is -1.56. The van der Waals surface area contributed by atoms with Gasteiger partial charge in [0, 0.05) is 36.5 Å². The first-order valence-electron chi connectivity index (χ1n) is 12.9. The standard InChI is InChI=1S/C30H36O15/c1-6-22(32)39-15-29(14-31,16-40-23(33)7-2)17-44-27(37)12-11-13-28(38)45-21-30(18-41-24(34)8-3,19-42-25(35)9-4)20-43-26(36)10-5/h6-11,13,31H,1-5,12,14-21H2/b13-11-. The number of rotatable bonds is 23. The maximum atomic E-state index is 12.4. The molecule has 0 aromatic rings. The van der Waals surface area contributed by atoms with Gasteiger partial charge in [0.2, 0.25) is 0 Å². The number of aliphatic hydroxyl groups is 1. The van der Waals surface area contributed by atoms with Gasteiger partial charge >= 0.3 is 41.8 Å². The van der Waals surface area contributed by atoms with E-state index in [0.717, 1.165) is 42.5 Å². The van der Waals surface area contributed by atoms with E-state index in [1.54, 1.807) is 0 Å². The van der Waals surface area contributed by atoms with Crippen molar-refractivity contribution in [2.75, 3.05) is 52.9 Å². The van der Waals surface area contributed by atoms with Crippen LogP contribution in [0.15, 0.2) is 75.4 Å². The third kappa shape index (κ3) is 16.8. The maximum Gasteiger partial charge on any atom is 0.330 e. The first-order chi connectivity index (χ1) is 21.3. The summed E-state index contributed by atoms with van der Waals surface area (Å²) >= 11 is 0. The van der Waals surface area contributed by atoms with E-state index in [1.807, 2.05) is 0 Å². The number of hydrogen-bond donors (Lipinski definition) is 1. The van der Waals surface area contributed by atoms with Gasteiger partial charge in [-0.2, -0.15) is 0 Å². The molecule has 0 unspecified atom stereocenters. The summed E-state index contributed by atoms with van der Waals surface area (Å²) in [6, 6.07) is 0.